The Labute approximate surface area is 169 Å². The van der Waals surface area contributed by atoms with Crippen LogP contribution in [0.5, 0.6) is 11.5 Å². The van der Waals surface area contributed by atoms with Crippen molar-refractivity contribution in [2.45, 2.75) is 12.5 Å². The maximum atomic E-state index is 12.4. The highest BCUT2D eigenvalue weighted by molar-refractivity contribution is 8.24. The van der Waals surface area contributed by atoms with Crippen molar-refractivity contribution >= 4 is 27.4 Å². The zero-order chi connectivity index (χ0) is 20.4. The van der Waals surface area contributed by atoms with Crippen molar-refractivity contribution < 1.29 is 18.6 Å². The predicted molar refractivity (Wildman–Crippen MR) is 111 cm³/mol. The van der Waals surface area contributed by atoms with E-state index < -0.39 is 10.6 Å². The Bertz CT molecular complexity index is 1110. The maximum absolute atomic E-state index is 12.4. The first-order chi connectivity index (χ1) is 13.9. The molecule has 1 aliphatic rings. The fourth-order valence-electron chi connectivity index (χ4n) is 3.22. The molecule has 0 spiro atoms. The van der Waals surface area contributed by atoms with E-state index >= 15 is 0 Å². The molecular weight excluding hydrogens is 390 g/mol. The number of pyridine rings is 1. The van der Waals surface area contributed by atoms with E-state index in [-0.39, 0.29) is 23.4 Å². The van der Waals surface area contributed by atoms with Gasteiger partial charge in [-0.25, -0.2) is 4.98 Å². The smallest absolute Gasteiger partial charge is 0.270 e. The van der Waals surface area contributed by atoms with E-state index in [0.29, 0.717) is 34.8 Å². The molecule has 8 heteroatoms. The van der Waals surface area contributed by atoms with Gasteiger partial charge in [0.2, 0.25) is 0 Å². The molecule has 0 saturated carbocycles. The number of nitrogens with zero attached hydrogens (tertiary/aromatic N) is 2. The van der Waals surface area contributed by atoms with E-state index in [2.05, 4.69) is 16.4 Å². The van der Waals surface area contributed by atoms with Gasteiger partial charge in [0.25, 0.3) is 5.91 Å². The monoisotopic (exact) mass is 409 g/mol. The standard InChI is InChI=1S/C21H19N3O4S/c22-12-14-1-4-17(5-2-14)28-18-6-8-19-15(11-18)3-7-20(24-19)21(25)23-16-9-10-29(26,27)13-16/h1-8,11,16,26-27H,9-10,13H2,(H,23,25). The number of carbonyl (C=O) groups excluding carboxylic acids is 1. The molecule has 148 valence electrons. The van der Waals surface area contributed by atoms with Crippen molar-refractivity contribution in [3.05, 3.63) is 65.9 Å². The lowest BCUT2D eigenvalue weighted by atomic mass is 10.1. The van der Waals surface area contributed by atoms with Crippen molar-refractivity contribution in [1.82, 2.24) is 10.3 Å². The number of aromatic nitrogens is 1. The Morgan fingerprint density at radius 3 is 2.59 bits per heavy atom. The molecule has 29 heavy (non-hydrogen) atoms. The highest BCUT2D eigenvalue weighted by Crippen LogP contribution is 2.45. The van der Waals surface area contributed by atoms with Crippen molar-refractivity contribution in [2.24, 2.45) is 0 Å². The number of nitrogens with one attached hydrogen (secondary N) is 1. The van der Waals surface area contributed by atoms with Crippen molar-refractivity contribution in [1.29, 1.82) is 5.26 Å². The molecule has 1 fully saturated rings. The summed E-state index contributed by atoms with van der Waals surface area (Å²) in [5, 5.41) is 12.5. The second kappa shape index (κ2) is 7.72. The van der Waals surface area contributed by atoms with Gasteiger partial charge in [-0.15, -0.1) is 0 Å². The van der Waals surface area contributed by atoms with Gasteiger partial charge in [0.1, 0.15) is 17.2 Å². The minimum absolute atomic E-state index is 0.197. The zero-order valence-corrected chi connectivity index (χ0v) is 16.2. The van der Waals surface area contributed by atoms with E-state index in [1.54, 1.807) is 48.5 Å². The number of hydrogen-bond acceptors (Lipinski definition) is 6. The number of nitriles is 1. The summed E-state index contributed by atoms with van der Waals surface area (Å²) in [6, 6.07) is 17.5. The Balaban J connectivity index is 1.48. The molecule has 1 unspecified atom stereocenters. The fraction of sp³-hybridized carbons (Fsp3) is 0.190. The molecule has 3 aromatic rings. The topological polar surface area (TPSA) is 115 Å². The van der Waals surface area contributed by atoms with E-state index in [1.165, 1.54) is 0 Å². The molecule has 1 aromatic heterocycles. The van der Waals surface area contributed by atoms with Gasteiger partial charge >= 0.3 is 0 Å². The predicted octanol–water partition coefficient (Wildman–Crippen LogP) is 4.15. The molecule has 1 amide bonds. The lowest BCUT2D eigenvalue weighted by Crippen LogP contribution is -2.35. The zero-order valence-electron chi connectivity index (χ0n) is 15.4. The second-order valence-corrected chi connectivity index (χ2v) is 9.27. The fourth-order valence-corrected chi connectivity index (χ4v) is 4.94. The van der Waals surface area contributed by atoms with Crippen LogP contribution in [-0.2, 0) is 0 Å². The third-order valence-corrected chi connectivity index (χ3v) is 6.53. The summed E-state index contributed by atoms with van der Waals surface area (Å²) in [5.74, 6) is 1.44. The molecule has 2 heterocycles. The van der Waals surface area contributed by atoms with Crippen LogP contribution in [0.2, 0.25) is 0 Å². The first kappa shape index (κ1) is 19.2. The Hall–Kier alpha value is -3.12. The largest absolute Gasteiger partial charge is 0.457 e. The molecule has 0 bridgehead atoms. The number of fused-ring (bicyclic) bond motifs is 1. The molecule has 2 aromatic carbocycles. The SMILES string of the molecule is N#Cc1ccc(Oc2ccc3nc(C(=O)NC4CCS(O)(O)C4)ccc3c2)cc1. The average Bonchev–Trinajstić information content (AvgIpc) is 3.06. The van der Waals surface area contributed by atoms with Crippen LogP contribution in [-0.4, -0.2) is 37.5 Å². The summed E-state index contributed by atoms with van der Waals surface area (Å²) < 4.78 is 25.2. The van der Waals surface area contributed by atoms with Crippen LogP contribution in [0.25, 0.3) is 10.9 Å². The van der Waals surface area contributed by atoms with Gasteiger partial charge in [-0.2, -0.15) is 15.9 Å². The van der Waals surface area contributed by atoms with Gasteiger partial charge < -0.3 is 10.1 Å². The van der Waals surface area contributed by atoms with E-state index in [4.69, 9.17) is 10.00 Å². The maximum Gasteiger partial charge on any atom is 0.270 e. The van der Waals surface area contributed by atoms with Crippen LogP contribution < -0.4 is 10.1 Å². The highest BCUT2D eigenvalue weighted by Gasteiger charge is 2.29. The molecule has 0 radical (unpaired) electrons. The van der Waals surface area contributed by atoms with Crippen LogP contribution in [0.15, 0.2) is 54.6 Å². The molecule has 7 nitrogen and oxygen atoms in total. The van der Waals surface area contributed by atoms with E-state index in [0.717, 1.165) is 5.39 Å². The molecule has 1 atom stereocenters. The third kappa shape index (κ3) is 4.49. The molecular formula is C21H19N3O4S. The summed E-state index contributed by atoms with van der Waals surface area (Å²) in [5.41, 5.74) is 1.50. The van der Waals surface area contributed by atoms with Gasteiger partial charge in [0, 0.05) is 17.2 Å². The van der Waals surface area contributed by atoms with Crippen LogP contribution in [0.1, 0.15) is 22.5 Å². The average molecular weight is 409 g/mol. The Morgan fingerprint density at radius 1 is 1.14 bits per heavy atom. The lowest BCUT2D eigenvalue weighted by Gasteiger charge is -2.25. The molecule has 4 rings (SSSR count). The van der Waals surface area contributed by atoms with Gasteiger partial charge in [-0.05, 0) is 55.0 Å². The summed E-state index contributed by atoms with van der Waals surface area (Å²) in [6.45, 7) is 0. The van der Waals surface area contributed by atoms with Crippen molar-refractivity contribution in [3.63, 3.8) is 0 Å². The first-order valence-corrected chi connectivity index (χ1v) is 10.9. The Kier molecular flexibility index (Phi) is 5.11. The summed E-state index contributed by atoms with van der Waals surface area (Å²) in [7, 11) is -2.56. The van der Waals surface area contributed by atoms with Gasteiger partial charge in [0.05, 0.1) is 22.9 Å². The number of hydrogen-bond donors (Lipinski definition) is 3. The second-order valence-electron chi connectivity index (χ2n) is 6.92. The van der Waals surface area contributed by atoms with Crippen LogP contribution in [0, 0.1) is 11.3 Å². The minimum Gasteiger partial charge on any atom is -0.457 e. The highest BCUT2D eigenvalue weighted by atomic mass is 32.3. The van der Waals surface area contributed by atoms with Crippen LogP contribution in [0.4, 0.5) is 0 Å². The van der Waals surface area contributed by atoms with Gasteiger partial charge in [-0.1, -0.05) is 6.07 Å². The quantitative estimate of drug-likeness (QED) is 0.596. The lowest BCUT2D eigenvalue weighted by molar-refractivity contribution is 0.0936. The first-order valence-electron chi connectivity index (χ1n) is 9.05. The molecule has 1 aliphatic heterocycles. The summed E-state index contributed by atoms with van der Waals surface area (Å²) >= 11 is 0. The number of rotatable bonds is 4. The summed E-state index contributed by atoms with van der Waals surface area (Å²) in [6.07, 6.45) is 0.553. The molecule has 3 N–H and O–H groups in total. The van der Waals surface area contributed by atoms with Crippen molar-refractivity contribution in [2.75, 3.05) is 11.5 Å². The minimum atomic E-state index is -2.56. The number of carbonyl (C=O) groups is 1. The van der Waals surface area contributed by atoms with Crippen molar-refractivity contribution in [3.8, 4) is 17.6 Å². The number of ether oxygens (including phenoxy) is 1. The Morgan fingerprint density at radius 2 is 1.90 bits per heavy atom. The van der Waals surface area contributed by atoms with E-state index in [1.807, 2.05) is 6.07 Å². The van der Waals surface area contributed by atoms with E-state index in [9.17, 15) is 13.9 Å². The van der Waals surface area contributed by atoms with Crippen LogP contribution >= 0.6 is 10.6 Å². The number of benzene rings is 2. The van der Waals surface area contributed by atoms with Crippen LogP contribution in [0.3, 0.4) is 0 Å². The third-order valence-electron chi connectivity index (χ3n) is 4.71. The molecule has 0 aliphatic carbocycles. The molecule has 1 saturated heterocycles. The summed E-state index contributed by atoms with van der Waals surface area (Å²) in [4.78, 5) is 16.8. The number of amides is 1. The normalized spacial score (nSPS) is 18.7. The van der Waals surface area contributed by atoms with Gasteiger partial charge in [0.15, 0.2) is 0 Å². The van der Waals surface area contributed by atoms with Gasteiger partial charge in [-0.3, -0.25) is 13.9 Å².